The van der Waals surface area contributed by atoms with Crippen LogP contribution in [0.25, 0.3) is 0 Å². The van der Waals surface area contributed by atoms with Gasteiger partial charge in [0, 0.05) is 13.6 Å². The fourth-order valence-corrected chi connectivity index (χ4v) is 1.68. The third kappa shape index (κ3) is 6.26. The summed E-state index contributed by atoms with van der Waals surface area (Å²) in [6, 6.07) is 0. The Hall–Kier alpha value is -0.460. The number of rotatable bonds is 4. The lowest BCUT2D eigenvalue weighted by molar-refractivity contribution is 0.264. The van der Waals surface area contributed by atoms with Crippen LogP contribution in [0.1, 0.15) is 34.1 Å². The van der Waals surface area contributed by atoms with Crippen molar-refractivity contribution in [1.82, 2.24) is 4.90 Å². The average Bonchev–Trinajstić information content (AvgIpc) is 1.82. The minimum atomic E-state index is 0.446. The molecule has 0 bridgehead atoms. The van der Waals surface area contributed by atoms with Gasteiger partial charge in [0.2, 0.25) is 0 Å². The van der Waals surface area contributed by atoms with Crippen LogP contribution >= 0.6 is 0 Å². The Labute approximate surface area is 77.5 Å². The Kier molecular flexibility index (Phi) is 4.36. The molecular formula is C11H23N. The molecule has 0 amide bonds. The highest BCUT2D eigenvalue weighted by Gasteiger charge is 2.15. The lowest BCUT2D eigenvalue weighted by atomic mass is 9.85. The van der Waals surface area contributed by atoms with Gasteiger partial charge in [0.05, 0.1) is 0 Å². The molecule has 0 aromatic carbocycles. The molecule has 1 heteroatoms. The predicted octanol–water partition coefficient (Wildman–Crippen LogP) is 3.13. The topological polar surface area (TPSA) is 3.24 Å². The van der Waals surface area contributed by atoms with Crippen LogP contribution < -0.4 is 0 Å². The van der Waals surface area contributed by atoms with Crippen molar-refractivity contribution in [1.29, 1.82) is 0 Å². The molecule has 0 aromatic heterocycles. The quantitative estimate of drug-likeness (QED) is 0.625. The first-order valence-electron chi connectivity index (χ1n) is 4.68. The predicted molar refractivity (Wildman–Crippen MR) is 56.1 cm³/mol. The Morgan fingerprint density at radius 2 is 1.92 bits per heavy atom. The summed E-state index contributed by atoms with van der Waals surface area (Å²) in [4.78, 5) is 2.15. The summed E-state index contributed by atoms with van der Waals surface area (Å²) < 4.78 is 0. The third-order valence-electron chi connectivity index (χ3n) is 1.87. The molecule has 0 aliphatic heterocycles. The summed E-state index contributed by atoms with van der Waals surface area (Å²) in [5.74, 6) is 0.744. The summed E-state index contributed by atoms with van der Waals surface area (Å²) >= 11 is 0. The van der Waals surface area contributed by atoms with Gasteiger partial charge in [-0.1, -0.05) is 34.3 Å². The van der Waals surface area contributed by atoms with Crippen molar-refractivity contribution in [2.75, 3.05) is 13.6 Å². The van der Waals surface area contributed by atoms with Gasteiger partial charge in [-0.15, -0.1) is 0 Å². The van der Waals surface area contributed by atoms with E-state index in [1.807, 2.05) is 6.20 Å². The van der Waals surface area contributed by atoms with E-state index in [0.717, 1.165) is 12.5 Å². The van der Waals surface area contributed by atoms with Crippen molar-refractivity contribution in [3.8, 4) is 0 Å². The maximum atomic E-state index is 3.74. The highest BCUT2D eigenvalue weighted by Crippen LogP contribution is 2.24. The molecule has 0 aliphatic rings. The van der Waals surface area contributed by atoms with Gasteiger partial charge >= 0.3 is 0 Å². The summed E-state index contributed by atoms with van der Waals surface area (Å²) in [6.45, 7) is 14.0. The normalized spacial score (nSPS) is 14.1. The van der Waals surface area contributed by atoms with Crippen molar-refractivity contribution < 1.29 is 0 Å². The van der Waals surface area contributed by atoms with E-state index in [1.54, 1.807) is 0 Å². The van der Waals surface area contributed by atoms with Crippen LogP contribution in [0.5, 0.6) is 0 Å². The maximum absolute atomic E-state index is 3.74. The van der Waals surface area contributed by atoms with E-state index in [0.29, 0.717) is 5.41 Å². The van der Waals surface area contributed by atoms with Crippen molar-refractivity contribution >= 4 is 0 Å². The first-order valence-corrected chi connectivity index (χ1v) is 4.68. The number of hydrogen-bond acceptors (Lipinski definition) is 1. The molecule has 72 valence electrons. The Morgan fingerprint density at radius 1 is 1.42 bits per heavy atom. The molecule has 0 heterocycles. The second-order valence-electron chi connectivity index (χ2n) is 4.99. The Balaban J connectivity index is 3.74. The number of nitrogens with zero attached hydrogens (tertiary/aromatic N) is 1. The van der Waals surface area contributed by atoms with Gasteiger partial charge in [0.15, 0.2) is 0 Å². The van der Waals surface area contributed by atoms with Crippen LogP contribution in [0, 0.1) is 11.3 Å². The summed E-state index contributed by atoms with van der Waals surface area (Å²) in [6.07, 6.45) is 3.16. The standard InChI is InChI=1S/C11H23N/c1-7-12(6)9-10(2)8-11(3,4)5/h7,10H,1,8-9H2,2-6H3. The van der Waals surface area contributed by atoms with E-state index in [1.165, 1.54) is 6.42 Å². The second kappa shape index (κ2) is 4.54. The Bertz CT molecular complexity index is 132. The van der Waals surface area contributed by atoms with Gasteiger partial charge in [0.25, 0.3) is 0 Å². The highest BCUT2D eigenvalue weighted by molar-refractivity contribution is 4.72. The first kappa shape index (κ1) is 11.5. The fourth-order valence-electron chi connectivity index (χ4n) is 1.68. The first-order chi connectivity index (χ1) is 5.35. The van der Waals surface area contributed by atoms with Gasteiger partial charge in [-0.3, -0.25) is 0 Å². The largest absolute Gasteiger partial charge is 0.381 e. The van der Waals surface area contributed by atoms with Gasteiger partial charge < -0.3 is 4.90 Å². The van der Waals surface area contributed by atoms with Crippen LogP contribution in [0.4, 0.5) is 0 Å². The zero-order valence-electron chi connectivity index (χ0n) is 9.22. The Morgan fingerprint density at radius 3 is 2.25 bits per heavy atom. The molecular weight excluding hydrogens is 146 g/mol. The van der Waals surface area contributed by atoms with E-state index in [2.05, 4.69) is 46.2 Å². The molecule has 1 atom stereocenters. The molecule has 12 heavy (non-hydrogen) atoms. The SMILES string of the molecule is C=CN(C)CC(C)CC(C)(C)C. The lowest BCUT2D eigenvalue weighted by Crippen LogP contribution is -2.22. The average molecular weight is 169 g/mol. The fraction of sp³-hybridized carbons (Fsp3) is 0.818. The molecule has 0 N–H and O–H groups in total. The zero-order chi connectivity index (χ0) is 9.78. The van der Waals surface area contributed by atoms with Crippen LogP contribution in [-0.4, -0.2) is 18.5 Å². The molecule has 1 unspecified atom stereocenters. The van der Waals surface area contributed by atoms with Crippen LogP contribution in [0.2, 0.25) is 0 Å². The van der Waals surface area contributed by atoms with Crippen LogP contribution in [-0.2, 0) is 0 Å². The van der Waals surface area contributed by atoms with Crippen LogP contribution in [0.3, 0.4) is 0 Å². The van der Waals surface area contributed by atoms with E-state index in [9.17, 15) is 0 Å². The van der Waals surface area contributed by atoms with Gasteiger partial charge in [-0.2, -0.15) is 0 Å². The zero-order valence-corrected chi connectivity index (χ0v) is 9.22. The van der Waals surface area contributed by atoms with Crippen molar-refractivity contribution in [2.45, 2.75) is 34.1 Å². The molecule has 0 fully saturated rings. The van der Waals surface area contributed by atoms with E-state index in [-0.39, 0.29) is 0 Å². The molecule has 0 spiro atoms. The molecule has 0 saturated heterocycles. The third-order valence-corrected chi connectivity index (χ3v) is 1.87. The smallest absolute Gasteiger partial charge is 0.0194 e. The van der Waals surface area contributed by atoms with Gasteiger partial charge in [0.1, 0.15) is 0 Å². The molecule has 0 radical (unpaired) electrons. The number of hydrogen-bond donors (Lipinski definition) is 0. The molecule has 0 rings (SSSR count). The second-order valence-corrected chi connectivity index (χ2v) is 4.99. The monoisotopic (exact) mass is 169 g/mol. The van der Waals surface area contributed by atoms with E-state index >= 15 is 0 Å². The molecule has 1 nitrogen and oxygen atoms in total. The van der Waals surface area contributed by atoms with E-state index < -0.39 is 0 Å². The lowest BCUT2D eigenvalue weighted by Gasteiger charge is -2.26. The molecule has 0 aliphatic carbocycles. The van der Waals surface area contributed by atoms with Crippen molar-refractivity contribution in [3.63, 3.8) is 0 Å². The minimum Gasteiger partial charge on any atom is -0.381 e. The van der Waals surface area contributed by atoms with Crippen molar-refractivity contribution in [3.05, 3.63) is 12.8 Å². The summed E-state index contributed by atoms with van der Waals surface area (Å²) in [5.41, 5.74) is 0.446. The highest BCUT2D eigenvalue weighted by atomic mass is 15.1. The maximum Gasteiger partial charge on any atom is 0.0194 e. The minimum absolute atomic E-state index is 0.446. The molecule has 0 saturated carbocycles. The van der Waals surface area contributed by atoms with Crippen LogP contribution in [0.15, 0.2) is 12.8 Å². The van der Waals surface area contributed by atoms with Crippen molar-refractivity contribution in [2.24, 2.45) is 11.3 Å². The van der Waals surface area contributed by atoms with Gasteiger partial charge in [-0.05, 0) is 24.0 Å². The molecule has 0 aromatic rings. The summed E-state index contributed by atoms with van der Waals surface area (Å²) in [7, 11) is 2.08. The van der Waals surface area contributed by atoms with Gasteiger partial charge in [-0.25, -0.2) is 0 Å². The van der Waals surface area contributed by atoms with E-state index in [4.69, 9.17) is 0 Å². The summed E-state index contributed by atoms with van der Waals surface area (Å²) in [5, 5.41) is 0.